The lowest BCUT2D eigenvalue weighted by Crippen LogP contribution is -2.39. The van der Waals surface area contributed by atoms with Crippen molar-refractivity contribution in [3.63, 3.8) is 0 Å². The fourth-order valence-corrected chi connectivity index (χ4v) is 1.23. The molecule has 0 spiro atoms. The third-order valence-corrected chi connectivity index (χ3v) is 2.23. The molecular weight excluding hydrogens is 124 g/mol. The molecule has 1 nitrogen and oxygen atoms in total. The Morgan fingerprint density at radius 1 is 1.40 bits per heavy atom. The van der Waals surface area contributed by atoms with Crippen LogP contribution in [0.15, 0.2) is 0 Å². The van der Waals surface area contributed by atoms with Gasteiger partial charge in [-0.05, 0) is 12.3 Å². The first-order valence-electron chi connectivity index (χ1n) is 4.20. The minimum absolute atomic E-state index is 0.532. The fraction of sp³-hybridized carbons (Fsp3) is 1.00. The lowest BCUT2D eigenvalue weighted by molar-refractivity contribution is -0.107. The second-order valence-corrected chi connectivity index (χ2v) is 4.24. The number of hydrogen-bond acceptors (Lipinski definition) is 1. The first-order valence-corrected chi connectivity index (χ1v) is 4.20. The molecule has 0 saturated carbocycles. The summed E-state index contributed by atoms with van der Waals surface area (Å²) in [5.74, 6) is 0.845. The first-order chi connectivity index (χ1) is 4.62. The van der Waals surface area contributed by atoms with Gasteiger partial charge in [-0.15, -0.1) is 0 Å². The summed E-state index contributed by atoms with van der Waals surface area (Å²) in [5, 5.41) is 0. The lowest BCUT2D eigenvalue weighted by atomic mass is 9.82. The predicted octanol–water partition coefficient (Wildman–Crippen LogP) is 2.46. The Morgan fingerprint density at radius 3 is 2.30 bits per heavy atom. The largest absolute Gasteiger partial charge is 0.380 e. The normalized spacial score (nSPS) is 22.8. The summed E-state index contributed by atoms with van der Waals surface area (Å²) in [6, 6.07) is 0. The van der Waals surface area contributed by atoms with E-state index in [1.165, 1.54) is 12.8 Å². The Hall–Kier alpha value is -0.0400. The van der Waals surface area contributed by atoms with Crippen LogP contribution in [0.25, 0.3) is 0 Å². The molecule has 10 heavy (non-hydrogen) atoms. The maximum absolute atomic E-state index is 5.17. The summed E-state index contributed by atoms with van der Waals surface area (Å²) >= 11 is 0. The highest BCUT2D eigenvalue weighted by Crippen LogP contribution is 2.32. The summed E-state index contributed by atoms with van der Waals surface area (Å²) in [5.41, 5.74) is 0.532. The molecular formula is C9H18O. The van der Waals surface area contributed by atoms with E-state index in [1.54, 1.807) is 0 Å². The monoisotopic (exact) mass is 142 g/mol. The van der Waals surface area contributed by atoms with Crippen LogP contribution in [0.3, 0.4) is 0 Å². The minimum Gasteiger partial charge on any atom is -0.380 e. The van der Waals surface area contributed by atoms with Gasteiger partial charge in [0.2, 0.25) is 0 Å². The molecule has 0 unspecified atom stereocenters. The third-order valence-electron chi connectivity index (χ3n) is 2.23. The molecule has 0 N–H and O–H groups in total. The van der Waals surface area contributed by atoms with E-state index in [1.807, 2.05) is 0 Å². The highest BCUT2D eigenvalue weighted by molar-refractivity contribution is 4.80. The first kappa shape index (κ1) is 8.06. The van der Waals surface area contributed by atoms with Gasteiger partial charge in [-0.3, -0.25) is 0 Å². The minimum atomic E-state index is 0.532. The molecule has 0 amide bonds. The second kappa shape index (κ2) is 2.91. The van der Waals surface area contributed by atoms with Gasteiger partial charge in [-0.25, -0.2) is 0 Å². The number of hydrogen-bond donors (Lipinski definition) is 0. The molecule has 1 saturated heterocycles. The molecule has 1 fully saturated rings. The van der Waals surface area contributed by atoms with Crippen molar-refractivity contribution in [1.82, 2.24) is 0 Å². The molecule has 0 aliphatic carbocycles. The highest BCUT2D eigenvalue weighted by atomic mass is 16.5. The van der Waals surface area contributed by atoms with Gasteiger partial charge in [0.05, 0.1) is 13.2 Å². The molecule has 0 aromatic rings. The van der Waals surface area contributed by atoms with Gasteiger partial charge in [-0.1, -0.05) is 27.2 Å². The van der Waals surface area contributed by atoms with Gasteiger partial charge in [0.1, 0.15) is 0 Å². The Morgan fingerprint density at radius 2 is 2.00 bits per heavy atom. The fourth-order valence-electron chi connectivity index (χ4n) is 1.23. The zero-order valence-corrected chi connectivity index (χ0v) is 7.31. The maximum Gasteiger partial charge on any atom is 0.0542 e. The smallest absolute Gasteiger partial charge is 0.0542 e. The molecule has 1 heteroatoms. The van der Waals surface area contributed by atoms with Crippen molar-refractivity contribution in [3.05, 3.63) is 0 Å². The van der Waals surface area contributed by atoms with Crippen molar-refractivity contribution in [3.8, 4) is 0 Å². The molecule has 0 bridgehead atoms. The Labute approximate surface area is 63.8 Å². The third kappa shape index (κ3) is 1.98. The van der Waals surface area contributed by atoms with E-state index >= 15 is 0 Å². The van der Waals surface area contributed by atoms with Crippen LogP contribution in [0, 0.1) is 11.3 Å². The quantitative estimate of drug-likeness (QED) is 0.588. The second-order valence-electron chi connectivity index (χ2n) is 4.24. The summed E-state index contributed by atoms with van der Waals surface area (Å²) in [7, 11) is 0. The van der Waals surface area contributed by atoms with Gasteiger partial charge in [0.25, 0.3) is 0 Å². The van der Waals surface area contributed by atoms with Crippen molar-refractivity contribution in [1.29, 1.82) is 0 Å². The highest BCUT2D eigenvalue weighted by Gasteiger charge is 2.32. The van der Waals surface area contributed by atoms with Gasteiger partial charge in [-0.2, -0.15) is 0 Å². The molecule has 0 aromatic carbocycles. The summed E-state index contributed by atoms with van der Waals surface area (Å²) < 4.78 is 5.17. The molecule has 1 aliphatic heterocycles. The summed E-state index contributed by atoms with van der Waals surface area (Å²) in [4.78, 5) is 0. The van der Waals surface area contributed by atoms with Crippen LogP contribution in [-0.4, -0.2) is 13.2 Å². The summed E-state index contributed by atoms with van der Waals surface area (Å²) in [6.45, 7) is 8.85. The van der Waals surface area contributed by atoms with Crippen LogP contribution >= 0.6 is 0 Å². The summed E-state index contributed by atoms with van der Waals surface area (Å²) in [6.07, 6.45) is 2.69. The van der Waals surface area contributed by atoms with Crippen LogP contribution in [0.1, 0.15) is 33.6 Å². The van der Waals surface area contributed by atoms with E-state index in [4.69, 9.17) is 4.74 Å². The zero-order chi connectivity index (χ0) is 7.61. The van der Waals surface area contributed by atoms with Crippen molar-refractivity contribution < 1.29 is 4.74 Å². The van der Waals surface area contributed by atoms with Crippen molar-refractivity contribution in [2.75, 3.05) is 13.2 Å². The van der Waals surface area contributed by atoms with Crippen LogP contribution < -0.4 is 0 Å². The van der Waals surface area contributed by atoms with E-state index in [0.29, 0.717) is 5.41 Å². The van der Waals surface area contributed by atoms with E-state index in [2.05, 4.69) is 20.8 Å². The van der Waals surface area contributed by atoms with Crippen LogP contribution in [0.4, 0.5) is 0 Å². The predicted molar refractivity (Wildman–Crippen MR) is 43.0 cm³/mol. The average Bonchev–Trinajstić information content (AvgIpc) is 1.79. The lowest BCUT2D eigenvalue weighted by Gasteiger charge is -2.38. The van der Waals surface area contributed by atoms with E-state index in [-0.39, 0.29) is 0 Å². The molecule has 1 aliphatic rings. The van der Waals surface area contributed by atoms with Gasteiger partial charge >= 0.3 is 0 Å². The van der Waals surface area contributed by atoms with Crippen molar-refractivity contribution >= 4 is 0 Å². The Kier molecular flexibility index (Phi) is 2.35. The Balaban J connectivity index is 2.12. The Bertz CT molecular complexity index is 103. The van der Waals surface area contributed by atoms with Gasteiger partial charge in [0, 0.05) is 5.41 Å². The zero-order valence-electron chi connectivity index (χ0n) is 7.31. The topological polar surface area (TPSA) is 9.23 Å². The standard InChI is InChI=1S/C9H18O/c1-8(2)4-5-9(3)6-10-7-9/h8H,4-7H2,1-3H3. The van der Waals surface area contributed by atoms with E-state index in [9.17, 15) is 0 Å². The van der Waals surface area contributed by atoms with Crippen molar-refractivity contribution in [2.45, 2.75) is 33.6 Å². The van der Waals surface area contributed by atoms with Crippen LogP contribution in [0.2, 0.25) is 0 Å². The molecule has 1 rings (SSSR count). The molecule has 0 aromatic heterocycles. The average molecular weight is 142 g/mol. The molecule has 0 atom stereocenters. The van der Waals surface area contributed by atoms with Crippen molar-refractivity contribution in [2.24, 2.45) is 11.3 Å². The van der Waals surface area contributed by atoms with E-state index in [0.717, 1.165) is 19.1 Å². The molecule has 0 radical (unpaired) electrons. The van der Waals surface area contributed by atoms with Gasteiger partial charge in [0.15, 0.2) is 0 Å². The molecule has 60 valence electrons. The number of rotatable bonds is 3. The van der Waals surface area contributed by atoms with E-state index < -0.39 is 0 Å². The number of ether oxygens (including phenoxy) is 1. The van der Waals surface area contributed by atoms with Gasteiger partial charge < -0.3 is 4.74 Å². The molecule has 1 heterocycles. The van der Waals surface area contributed by atoms with Crippen LogP contribution in [0.5, 0.6) is 0 Å². The maximum atomic E-state index is 5.17. The SMILES string of the molecule is CC(C)CCC1(C)COC1. The van der Waals surface area contributed by atoms with Crippen LogP contribution in [-0.2, 0) is 4.74 Å².